The van der Waals surface area contributed by atoms with Gasteiger partial charge in [-0.05, 0) is 55.5 Å². The molecule has 34 heavy (non-hydrogen) atoms. The van der Waals surface area contributed by atoms with Crippen LogP contribution in [0.5, 0.6) is 5.75 Å². The van der Waals surface area contributed by atoms with Gasteiger partial charge < -0.3 is 14.5 Å². The maximum atomic E-state index is 13.3. The average molecular weight is 498 g/mol. The van der Waals surface area contributed by atoms with E-state index in [0.717, 1.165) is 20.6 Å². The van der Waals surface area contributed by atoms with Crippen molar-refractivity contribution in [2.45, 2.75) is 18.4 Å². The van der Waals surface area contributed by atoms with Crippen LogP contribution < -0.4 is 10.1 Å². The largest absolute Gasteiger partial charge is 0.497 e. The smallest absolute Gasteiger partial charge is 0.243 e. The van der Waals surface area contributed by atoms with Crippen molar-refractivity contribution in [2.24, 2.45) is 0 Å². The monoisotopic (exact) mass is 497 g/mol. The van der Waals surface area contributed by atoms with Gasteiger partial charge in [0.25, 0.3) is 0 Å². The van der Waals surface area contributed by atoms with Crippen molar-refractivity contribution in [1.82, 2.24) is 9.29 Å². The number of amides is 1. The minimum atomic E-state index is -3.99. The van der Waals surface area contributed by atoms with E-state index in [4.69, 9.17) is 9.15 Å². The van der Waals surface area contributed by atoms with E-state index >= 15 is 0 Å². The molecule has 0 aliphatic rings. The van der Waals surface area contributed by atoms with Crippen LogP contribution in [-0.2, 0) is 21.4 Å². The lowest BCUT2D eigenvalue weighted by Gasteiger charge is -2.21. The van der Waals surface area contributed by atoms with Crippen LogP contribution in [0.15, 0.2) is 81.6 Å². The molecule has 10 heteroatoms. The molecule has 0 unspecified atom stereocenters. The van der Waals surface area contributed by atoms with Gasteiger partial charge in [-0.1, -0.05) is 12.1 Å². The van der Waals surface area contributed by atoms with Crippen molar-refractivity contribution in [3.63, 3.8) is 0 Å². The third kappa shape index (κ3) is 5.53. The predicted molar refractivity (Wildman–Crippen MR) is 130 cm³/mol. The SMILES string of the molecule is COc1ccc(S(=O)(=O)N(CC(=O)Nc2cccc(-c3csc(C)n3)c2)Cc2ccco2)cc1. The Hall–Kier alpha value is -3.47. The second kappa shape index (κ2) is 10.2. The Morgan fingerprint density at radius 3 is 2.59 bits per heavy atom. The summed E-state index contributed by atoms with van der Waals surface area (Å²) in [6, 6.07) is 16.6. The van der Waals surface area contributed by atoms with Crippen LogP contribution in [0, 0.1) is 6.92 Å². The highest BCUT2D eigenvalue weighted by atomic mass is 32.2. The Morgan fingerprint density at radius 1 is 1.15 bits per heavy atom. The molecule has 0 saturated carbocycles. The first-order valence-corrected chi connectivity index (χ1v) is 12.7. The van der Waals surface area contributed by atoms with Crippen LogP contribution in [0.25, 0.3) is 11.3 Å². The average Bonchev–Trinajstić information content (AvgIpc) is 3.50. The number of nitrogens with one attached hydrogen (secondary N) is 1. The summed E-state index contributed by atoms with van der Waals surface area (Å²) in [6.45, 7) is 1.44. The van der Waals surface area contributed by atoms with Crippen LogP contribution in [0.3, 0.4) is 0 Å². The molecule has 0 aliphatic carbocycles. The van der Waals surface area contributed by atoms with Crippen molar-refractivity contribution in [3.05, 3.63) is 83.1 Å². The Balaban J connectivity index is 1.55. The molecule has 2 heterocycles. The number of methoxy groups -OCH3 is 1. The van der Waals surface area contributed by atoms with Gasteiger partial charge in [-0.3, -0.25) is 4.79 Å². The predicted octanol–water partition coefficient (Wildman–Crippen LogP) is 4.55. The van der Waals surface area contributed by atoms with Gasteiger partial charge in [0, 0.05) is 16.6 Å². The van der Waals surface area contributed by atoms with E-state index in [1.165, 1.54) is 25.5 Å². The van der Waals surface area contributed by atoms with Gasteiger partial charge in [0.05, 0.1) is 42.1 Å². The fourth-order valence-electron chi connectivity index (χ4n) is 3.31. The number of anilines is 1. The Kier molecular flexibility index (Phi) is 7.11. The van der Waals surface area contributed by atoms with Gasteiger partial charge >= 0.3 is 0 Å². The van der Waals surface area contributed by atoms with Gasteiger partial charge in [-0.25, -0.2) is 13.4 Å². The number of rotatable bonds is 9. The lowest BCUT2D eigenvalue weighted by Crippen LogP contribution is -2.37. The van der Waals surface area contributed by atoms with Crippen LogP contribution in [0.1, 0.15) is 10.8 Å². The maximum absolute atomic E-state index is 13.3. The summed E-state index contributed by atoms with van der Waals surface area (Å²) in [5, 5.41) is 5.68. The first-order valence-electron chi connectivity index (χ1n) is 10.3. The summed E-state index contributed by atoms with van der Waals surface area (Å²) in [4.78, 5) is 17.4. The summed E-state index contributed by atoms with van der Waals surface area (Å²) in [6.07, 6.45) is 1.46. The summed E-state index contributed by atoms with van der Waals surface area (Å²) < 4.78 is 38.2. The van der Waals surface area contributed by atoms with Crippen LogP contribution in [0.2, 0.25) is 0 Å². The molecular weight excluding hydrogens is 474 g/mol. The molecule has 0 saturated heterocycles. The zero-order valence-electron chi connectivity index (χ0n) is 18.6. The number of sulfonamides is 1. The van der Waals surface area contributed by atoms with Crippen molar-refractivity contribution >= 4 is 33.0 Å². The van der Waals surface area contributed by atoms with Crippen molar-refractivity contribution < 1.29 is 22.4 Å². The molecule has 2 aromatic heterocycles. The maximum Gasteiger partial charge on any atom is 0.243 e. The Labute approximate surface area is 201 Å². The number of furan rings is 1. The summed E-state index contributed by atoms with van der Waals surface area (Å²) in [7, 11) is -2.49. The Morgan fingerprint density at radius 2 is 1.94 bits per heavy atom. The minimum Gasteiger partial charge on any atom is -0.497 e. The van der Waals surface area contributed by atoms with E-state index in [-0.39, 0.29) is 11.4 Å². The van der Waals surface area contributed by atoms with Crippen LogP contribution in [-0.4, -0.2) is 37.3 Å². The second-order valence-electron chi connectivity index (χ2n) is 7.41. The number of hydrogen-bond donors (Lipinski definition) is 1. The molecule has 8 nitrogen and oxygen atoms in total. The van der Waals surface area contributed by atoms with Gasteiger partial charge in [0.1, 0.15) is 11.5 Å². The fraction of sp³-hybridized carbons (Fsp3) is 0.167. The van der Waals surface area contributed by atoms with Gasteiger partial charge in [0.15, 0.2) is 0 Å². The number of thiazole rings is 1. The van der Waals surface area contributed by atoms with Crippen molar-refractivity contribution in [2.75, 3.05) is 19.0 Å². The van der Waals surface area contributed by atoms with Crippen molar-refractivity contribution in [1.29, 1.82) is 0 Å². The molecule has 4 rings (SSSR count). The topological polar surface area (TPSA) is 102 Å². The number of ether oxygens (including phenoxy) is 1. The van der Waals surface area contributed by atoms with E-state index < -0.39 is 22.5 Å². The molecule has 0 bridgehead atoms. The number of carbonyl (C=O) groups excluding carboxylic acids is 1. The van der Waals surface area contributed by atoms with E-state index in [1.54, 1.807) is 47.7 Å². The lowest BCUT2D eigenvalue weighted by molar-refractivity contribution is -0.116. The van der Waals surface area contributed by atoms with E-state index in [9.17, 15) is 13.2 Å². The van der Waals surface area contributed by atoms with Gasteiger partial charge in [-0.15, -0.1) is 11.3 Å². The standard InChI is InChI=1S/C24H23N3O5S2/c1-17-25-23(16-33-17)18-5-3-6-19(13-18)26-24(28)15-27(14-21-7-4-12-32-21)34(29,30)22-10-8-20(31-2)9-11-22/h3-13,16H,14-15H2,1-2H3,(H,26,28). The summed E-state index contributed by atoms with van der Waals surface area (Å²) in [5.41, 5.74) is 2.23. The molecule has 2 aromatic carbocycles. The summed E-state index contributed by atoms with van der Waals surface area (Å²) in [5.74, 6) is 0.477. The molecule has 0 atom stereocenters. The number of aryl methyl sites for hydroxylation is 1. The molecule has 4 aromatic rings. The normalized spacial score (nSPS) is 11.5. The number of nitrogens with zero attached hydrogens (tertiary/aromatic N) is 2. The highest BCUT2D eigenvalue weighted by molar-refractivity contribution is 7.89. The minimum absolute atomic E-state index is 0.0496. The van der Waals surface area contributed by atoms with Crippen LogP contribution >= 0.6 is 11.3 Å². The third-order valence-electron chi connectivity index (χ3n) is 4.99. The first kappa shape index (κ1) is 23.7. The molecule has 0 radical (unpaired) electrons. The first-order chi connectivity index (χ1) is 16.3. The highest BCUT2D eigenvalue weighted by Gasteiger charge is 2.28. The van der Waals surface area contributed by atoms with Crippen molar-refractivity contribution in [3.8, 4) is 17.0 Å². The zero-order chi connectivity index (χ0) is 24.1. The molecule has 176 valence electrons. The number of carbonyl (C=O) groups is 1. The number of hydrogen-bond acceptors (Lipinski definition) is 7. The van der Waals surface area contributed by atoms with E-state index in [1.807, 2.05) is 24.4 Å². The number of aromatic nitrogens is 1. The molecule has 1 N–H and O–H groups in total. The molecule has 1 amide bonds. The molecule has 0 fully saturated rings. The van der Waals surface area contributed by atoms with Crippen LogP contribution in [0.4, 0.5) is 5.69 Å². The molecular formula is C24H23N3O5S2. The van der Waals surface area contributed by atoms with E-state index in [2.05, 4.69) is 10.3 Å². The number of benzene rings is 2. The Bertz CT molecular complexity index is 1360. The third-order valence-corrected chi connectivity index (χ3v) is 7.57. The summed E-state index contributed by atoms with van der Waals surface area (Å²) >= 11 is 1.54. The quantitative estimate of drug-likeness (QED) is 0.364. The lowest BCUT2D eigenvalue weighted by atomic mass is 10.1. The zero-order valence-corrected chi connectivity index (χ0v) is 20.2. The second-order valence-corrected chi connectivity index (χ2v) is 10.4. The van der Waals surface area contributed by atoms with E-state index in [0.29, 0.717) is 17.2 Å². The fourth-order valence-corrected chi connectivity index (χ4v) is 5.30. The van der Waals surface area contributed by atoms with Gasteiger partial charge in [-0.2, -0.15) is 4.31 Å². The molecule has 0 spiro atoms. The highest BCUT2D eigenvalue weighted by Crippen LogP contribution is 2.25. The molecule has 0 aliphatic heterocycles. The van der Waals surface area contributed by atoms with Gasteiger partial charge in [0.2, 0.25) is 15.9 Å².